The summed E-state index contributed by atoms with van der Waals surface area (Å²) in [5.41, 5.74) is 2.08. The molecule has 2 aromatic heterocycles. The molecule has 3 aromatic rings. The quantitative estimate of drug-likeness (QED) is 0.554. The highest BCUT2D eigenvalue weighted by Gasteiger charge is 2.10. The van der Waals surface area contributed by atoms with Crippen LogP contribution in [0, 0.1) is 6.92 Å². The van der Waals surface area contributed by atoms with Crippen molar-refractivity contribution in [2.45, 2.75) is 26.9 Å². The molecule has 1 aromatic carbocycles. The number of furan rings is 1. The van der Waals surface area contributed by atoms with Crippen molar-refractivity contribution in [1.82, 2.24) is 20.0 Å². The van der Waals surface area contributed by atoms with Crippen molar-refractivity contribution in [3.8, 4) is 0 Å². The average molecular weight is 339 g/mol. The molecule has 0 bridgehead atoms. The van der Waals surface area contributed by atoms with Gasteiger partial charge in [-0.15, -0.1) is 0 Å². The van der Waals surface area contributed by atoms with Crippen LogP contribution in [0.3, 0.4) is 0 Å². The van der Waals surface area contributed by atoms with Gasteiger partial charge in [-0.25, -0.2) is 0 Å². The van der Waals surface area contributed by atoms with E-state index in [1.54, 1.807) is 0 Å². The number of nitrogens with zero attached hydrogens (tertiary/aromatic N) is 4. The molecule has 25 heavy (non-hydrogen) atoms. The van der Waals surface area contributed by atoms with E-state index in [0.717, 1.165) is 41.3 Å². The van der Waals surface area contributed by atoms with Gasteiger partial charge in [0.05, 0.1) is 25.8 Å². The number of rotatable bonds is 6. The van der Waals surface area contributed by atoms with Crippen LogP contribution < -0.4 is 5.32 Å². The first kappa shape index (κ1) is 17.1. The second-order valence-corrected chi connectivity index (χ2v) is 6.12. The summed E-state index contributed by atoms with van der Waals surface area (Å²) in [5, 5.41) is 8.75. The zero-order chi connectivity index (χ0) is 17.6. The first-order valence-corrected chi connectivity index (χ1v) is 8.61. The molecule has 132 valence electrons. The van der Waals surface area contributed by atoms with E-state index in [1.807, 2.05) is 49.2 Å². The van der Waals surface area contributed by atoms with Gasteiger partial charge in [0, 0.05) is 25.2 Å². The van der Waals surface area contributed by atoms with Crippen molar-refractivity contribution < 1.29 is 4.42 Å². The van der Waals surface area contributed by atoms with Gasteiger partial charge in [-0.05, 0) is 31.5 Å². The number of benzene rings is 1. The van der Waals surface area contributed by atoms with Crippen LogP contribution in [-0.2, 0) is 13.1 Å². The maximum atomic E-state index is 5.90. The van der Waals surface area contributed by atoms with Gasteiger partial charge < -0.3 is 14.6 Å². The predicted molar refractivity (Wildman–Crippen MR) is 101 cm³/mol. The second-order valence-electron chi connectivity index (χ2n) is 6.12. The summed E-state index contributed by atoms with van der Waals surface area (Å²) in [6.07, 6.45) is 3.89. The molecule has 1 N–H and O–H groups in total. The molecule has 0 aliphatic carbocycles. The Hall–Kier alpha value is -2.76. The highest BCUT2D eigenvalue weighted by atomic mass is 16.3. The Morgan fingerprint density at radius 2 is 2.20 bits per heavy atom. The molecule has 0 unspecified atom stereocenters. The van der Waals surface area contributed by atoms with Crippen molar-refractivity contribution >= 4 is 16.9 Å². The summed E-state index contributed by atoms with van der Waals surface area (Å²) in [6, 6.07) is 10.1. The van der Waals surface area contributed by atoms with Crippen LogP contribution in [0.4, 0.5) is 0 Å². The number of aliphatic imine (C=N–C) groups is 1. The predicted octanol–water partition coefficient (Wildman–Crippen LogP) is 3.04. The van der Waals surface area contributed by atoms with Gasteiger partial charge in [-0.1, -0.05) is 18.2 Å². The highest BCUT2D eigenvalue weighted by molar-refractivity contribution is 5.80. The normalized spacial score (nSPS) is 11.9. The second kappa shape index (κ2) is 7.88. The molecule has 3 rings (SSSR count). The fraction of sp³-hybridized carbons (Fsp3) is 0.368. The molecule has 0 fully saturated rings. The molecule has 0 radical (unpaired) electrons. The molecular formula is C19H25N5O. The van der Waals surface area contributed by atoms with Crippen molar-refractivity contribution in [2.75, 3.05) is 20.1 Å². The van der Waals surface area contributed by atoms with Crippen molar-refractivity contribution in [3.05, 3.63) is 54.0 Å². The third-order valence-electron chi connectivity index (χ3n) is 3.92. The number of aryl methyl sites for hydroxylation is 1. The van der Waals surface area contributed by atoms with Crippen LogP contribution in [0.25, 0.3) is 11.0 Å². The summed E-state index contributed by atoms with van der Waals surface area (Å²) >= 11 is 0. The van der Waals surface area contributed by atoms with Crippen LogP contribution in [0.15, 0.2) is 52.1 Å². The minimum absolute atomic E-state index is 0.668. The van der Waals surface area contributed by atoms with E-state index in [2.05, 4.69) is 34.4 Å². The zero-order valence-corrected chi connectivity index (χ0v) is 15.1. The minimum Gasteiger partial charge on any atom is -0.459 e. The smallest absolute Gasteiger partial charge is 0.194 e. The number of guanidine groups is 1. The van der Waals surface area contributed by atoms with Gasteiger partial charge >= 0.3 is 0 Å². The third-order valence-corrected chi connectivity index (χ3v) is 3.92. The largest absolute Gasteiger partial charge is 0.459 e. The number of hydrogen-bond acceptors (Lipinski definition) is 3. The molecule has 0 aliphatic rings. The molecule has 0 amide bonds. The van der Waals surface area contributed by atoms with Crippen LogP contribution in [0.1, 0.15) is 18.2 Å². The lowest BCUT2D eigenvalue weighted by molar-refractivity contribution is 0.412. The SMILES string of the molecule is CCNC(=NCCn1cc(C)cn1)N(C)Cc1cc2ccccc2o1. The Bertz CT molecular complexity index is 815. The first-order valence-electron chi connectivity index (χ1n) is 8.61. The molecule has 0 saturated carbocycles. The molecular weight excluding hydrogens is 314 g/mol. The number of aromatic nitrogens is 2. The summed E-state index contributed by atoms with van der Waals surface area (Å²) in [6.45, 7) is 7.04. The number of fused-ring (bicyclic) bond motifs is 1. The zero-order valence-electron chi connectivity index (χ0n) is 15.1. The molecule has 6 heteroatoms. The Morgan fingerprint density at radius 1 is 1.36 bits per heavy atom. The van der Waals surface area contributed by atoms with Crippen molar-refractivity contribution in [2.24, 2.45) is 4.99 Å². The van der Waals surface area contributed by atoms with E-state index in [4.69, 9.17) is 9.41 Å². The van der Waals surface area contributed by atoms with E-state index < -0.39 is 0 Å². The monoisotopic (exact) mass is 339 g/mol. The fourth-order valence-electron chi connectivity index (χ4n) is 2.74. The molecule has 6 nitrogen and oxygen atoms in total. The van der Waals surface area contributed by atoms with Gasteiger partial charge in [0.1, 0.15) is 11.3 Å². The summed E-state index contributed by atoms with van der Waals surface area (Å²) < 4.78 is 7.82. The lowest BCUT2D eigenvalue weighted by atomic mass is 10.2. The van der Waals surface area contributed by atoms with Gasteiger partial charge in [0.2, 0.25) is 0 Å². The lowest BCUT2D eigenvalue weighted by Crippen LogP contribution is -2.38. The first-order chi connectivity index (χ1) is 12.2. The van der Waals surface area contributed by atoms with Crippen LogP contribution in [-0.4, -0.2) is 40.8 Å². The average Bonchev–Trinajstić information content (AvgIpc) is 3.19. The molecule has 0 saturated heterocycles. The Labute approximate surface area is 148 Å². The van der Waals surface area contributed by atoms with Gasteiger partial charge in [0.15, 0.2) is 5.96 Å². The van der Waals surface area contributed by atoms with E-state index in [0.29, 0.717) is 13.1 Å². The molecule has 0 atom stereocenters. The minimum atomic E-state index is 0.668. The summed E-state index contributed by atoms with van der Waals surface area (Å²) in [7, 11) is 2.02. The molecule has 0 aliphatic heterocycles. The lowest BCUT2D eigenvalue weighted by Gasteiger charge is -2.21. The van der Waals surface area contributed by atoms with E-state index in [-0.39, 0.29) is 0 Å². The summed E-state index contributed by atoms with van der Waals surface area (Å²) in [5.74, 6) is 1.80. The number of nitrogens with one attached hydrogen (secondary N) is 1. The fourth-order valence-corrected chi connectivity index (χ4v) is 2.74. The topological polar surface area (TPSA) is 58.6 Å². The molecule has 0 spiro atoms. The van der Waals surface area contributed by atoms with Crippen molar-refractivity contribution in [3.63, 3.8) is 0 Å². The van der Waals surface area contributed by atoms with Crippen molar-refractivity contribution in [1.29, 1.82) is 0 Å². The van der Waals surface area contributed by atoms with E-state index in [1.165, 1.54) is 0 Å². The van der Waals surface area contributed by atoms with Crippen LogP contribution >= 0.6 is 0 Å². The number of para-hydroxylation sites is 1. The van der Waals surface area contributed by atoms with Gasteiger partial charge in [-0.2, -0.15) is 5.10 Å². The van der Waals surface area contributed by atoms with E-state index >= 15 is 0 Å². The summed E-state index contributed by atoms with van der Waals surface area (Å²) in [4.78, 5) is 6.78. The Morgan fingerprint density at radius 3 is 2.92 bits per heavy atom. The third kappa shape index (κ3) is 4.41. The van der Waals surface area contributed by atoms with Crippen LogP contribution in [0.5, 0.6) is 0 Å². The Balaban J connectivity index is 1.64. The van der Waals surface area contributed by atoms with Gasteiger partial charge in [-0.3, -0.25) is 9.67 Å². The maximum absolute atomic E-state index is 5.90. The molecule has 2 heterocycles. The highest BCUT2D eigenvalue weighted by Crippen LogP contribution is 2.19. The maximum Gasteiger partial charge on any atom is 0.194 e. The van der Waals surface area contributed by atoms with Crippen LogP contribution in [0.2, 0.25) is 0 Å². The standard InChI is InChI=1S/C19H25N5O/c1-4-20-19(21-9-10-24-13-15(2)12-22-24)23(3)14-17-11-16-7-5-6-8-18(16)25-17/h5-8,11-13H,4,9-10,14H2,1-3H3,(H,20,21). The van der Waals surface area contributed by atoms with E-state index in [9.17, 15) is 0 Å². The Kier molecular flexibility index (Phi) is 5.38. The van der Waals surface area contributed by atoms with Gasteiger partial charge in [0.25, 0.3) is 0 Å². The number of hydrogen-bond donors (Lipinski definition) is 1.